The van der Waals surface area contributed by atoms with Crippen LogP contribution in [0.15, 0.2) is 45.8 Å². The quantitative estimate of drug-likeness (QED) is 0.682. The summed E-state index contributed by atoms with van der Waals surface area (Å²) < 4.78 is 5.53. The summed E-state index contributed by atoms with van der Waals surface area (Å²) in [6.07, 6.45) is 4.84. The van der Waals surface area contributed by atoms with E-state index in [1.165, 1.54) is 4.90 Å². The van der Waals surface area contributed by atoms with Crippen LogP contribution in [0, 0.1) is 11.8 Å². The van der Waals surface area contributed by atoms with Crippen molar-refractivity contribution in [2.24, 2.45) is 11.8 Å². The zero-order valence-corrected chi connectivity index (χ0v) is 16.3. The summed E-state index contributed by atoms with van der Waals surface area (Å²) in [4.78, 5) is 13.4. The lowest BCUT2D eigenvalue weighted by Crippen LogP contribution is -2.40. The number of thioether (sulfide) groups is 1. The normalized spacial score (nSPS) is 22.5. The third-order valence-electron chi connectivity index (χ3n) is 5.36. The number of hydrogen-bond donors (Lipinski definition) is 2. The molecule has 1 saturated carbocycles. The zero-order chi connectivity index (χ0) is 18.5. The smallest absolute Gasteiger partial charge is 0.220 e. The molecule has 27 heavy (non-hydrogen) atoms. The number of aromatic nitrogens is 1. The van der Waals surface area contributed by atoms with Crippen LogP contribution in [0.5, 0.6) is 0 Å². The minimum atomic E-state index is 0.217. The van der Waals surface area contributed by atoms with Gasteiger partial charge in [0, 0.05) is 23.4 Å². The van der Waals surface area contributed by atoms with Crippen LogP contribution in [0.3, 0.4) is 0 Å². The lowest BCUT2D eigenvalue weighted by atomic mass is 9.81. The third kappa shape index (κ3) is 5.59. The van der Waals surface area contributed by atoms with Gasteiger partial charge in [0.25, 0.3) is 0 Å². The van der Waals surface area contributed by atoms with E-state index in [2.05, 4.69) is 34.0 Å². The van der Waals surface area contributed by atoms with E-state index in [0.29, 0.717) is 24.3 Å². The average molecular weight is 386 g/mol. The molecule has 1 aliphatic carbocycles. The first-order valence-corrected chi connectivity index (χ1v) is 10.9. The monoisotopic (exact) mass is 385 g/mol. The Hall–Kier alpha value is -1.79. The van der Waals surface area contributed by atoms with E-state index in [1.807, 2.05) is 18.2 Å². The van der Waals surface area contributed by atoms with Gasteiger partial charge in [0.05, 0.1) is 11.4 Å². The highest BCUT2D eigenvalue weighted by Crippen LogP contribution is 2.28. The molecular formula is C21H27N3O2S. The Morgan fingerprint density at radius 3 is 2.89 bits per heavy atom. The predicted octanol–water partition coefficient (Wildman–Crippen LogP) is 3.40. The molecule has 1 amide bonds. The van der Waals surface area contributed by atoms with Crippen LogP contribution in [0.2, 0.25) is 0 Å². The Labute approximate surface area is 164 Å². The number of benzene rings is 1. The second-order valence-electron chi connectivity index (χ2n) is 7.65. The van der Waals surface area contributed by atoms with E-state index in [4.69, 9.17) is 4.52 Å². The van der Waals surface area contributed by atoms with Crippen LogP contribution >= 0.6 is 11.8 Å². The van der Waals surface area contributed by atoms with Crippen molar-refractivity contribution in [3.8, 4) is 0 Å². The molecule has 6 heteroatoms. The van der Waals surface area contributed by atoms with Crippen LogP contribution in [0.1, 0.15) is 37.1 Å². The third-order valence-corrected chi connectivity index (χ3v) is 6.39. The maximum atomic E-state index is 12.2. The molecule has 1 saturated heterocycles. The van der Waals surface area contributed by atoms with E-state index >= 15 is 0 Å². The van der Waals surface area contributed by atoms with E-state index in [-0.39, 0.29) is 5.91 Å². The van der Waals surface area contributed by atoms with Crippen LogP contribution in [-0.4, -0.2) is 30.2 Å². The second-order valence-corrected chi connectivity index (χ2v) is 8.70. The SMILES string of the molecule is O=C(CC1CCNCC1Cc1cc(CSc2ccccc2)on1)NC1CC1. The molecule has 1 aromatic carbocycles. The number of nitrogens with one attached hydrogen (secondary N) is 2. The Bertz CT molecular complexity index is 745. The van der Waals surface area contributed by atoms with Crippen molar-refractivity contribution in [1.29, 1.82) is 0 Å². The van der Waals surface area contributed by atoms with Crippen LogP contribution in [-0.2, 0) is 17.0 Å². The maximum absolute atomic E-state index is 12.2. The lowest BCUT2D eigenvalue weighted by Gasteiger charge is -2.31. The van der Waals surface area contributed by atoms with Gasteiger partial charge in [-0.2, -0.15) is 0 Å². The Balaban J connectivity index is 1.30. The summed E-state index contributed by atoms with van der Waals surface area (Å²) in [5.74, 6) is 2.76. The van der Waals surface area contributed by atoms with Gasteiger partial charge in [-0.15, -0.1) is 11.8 Å². The second kappa shape index (κ2) is 8.93. The highest BCUT2D eigenvalue weighted by atomic mass is 32.2. The fraction of sp³-hybridized carbons (Fsp3) is 0.524. The summed E-state index contributed by atoms with van der Waals surface area (Å²) in [7, 11) is 0. The molecule has 2 N–H and O–H groups in total. The minimum Gasteiger partial charge on any atom is -0.360 e. The summed E-state index contributed by atoms with van der Waals surface area (Å²) >= 11 is 1.75. The molecule has 2 heterocycles. The van der Waals surface area contributed by atoms with Crippen molar-refractivity contribution in [2.75, 3.05) is 13.1 Å². The largest absolute Gasteiger partial charge is 0.360 e. The van der Waals surface area contributed by atoms with Crippen molar-refractivity contribution >= 4 is 17.7 Å². The van der Waals surface area contributed by atoms with Gasteiger partial charge in [-0.3, -0.25) is 4.79 Å². The van der Waals surface area contributed by atoms with Crippen molar-refractivity contribution < 1.29 is 9.32 Å². The molecule has 144 valence electrons. The lowest BCUT2D eigenvalue weighted by molar-refractivity contribution is -0.122. The summed E-state index contributed by atoms with van der Waals surface area (Å²) in [6, 6.07) is 12.8. The number of amides is 1. The van der Waals surface area contributed by atoms with Gasteiger partial charge >= 0.3 is 0 Å². The zero-order valence-electron chi connectivity index (χ0n) is 15.5. The van der Waals surface area contributed by atoms with Crippen LogP contribution < -0.4 is 10.6 Å². The van der Waals surface area contributed by atoms with E-state index in [1.54, 1.807) is 11.8 Å². The van der Waals surface area contributed by atoms with Crippen LogP contribution in [0.25, 0.3) is 0 Å². The molecule has 2 aromatic rings. The Morgan fingerprint density at radius 2 is 2.07 bits per heavy atom. The maximum Gasteiger partial charge on any atom is 0.220 e. The van der Waals surface area contributed by atoms with Gasteiger partial charge in [-0.1, -0.05) is 23.4 Å². The van der Waals surface area contributed by atoms with E-state index in [0.717, 1.165) is 56.0 Å². The highest BCUT2D eigenvalue weighted by Gasteiger charge is 2.30. The number of hydrogen-bond acceptors (Lipinski definition) is 5. The molecule has 0 spiro atoms. The van der Waals surface area contributed by atoms with E-state index in [9.17, 15) is 4.79 Å². The summed E-state index contributed by atoms with van der Waals surface area (Å²) in [6.45, 7) is 1.94. The molecule has 5 nitrogen and oxygen atoms in total. The van der Waals surface area contributed by atoms with Crippen molar-refractivity contribution in [3.05, 3.63) is 47.9 Å². The average Bonchev–Trinajstić information content (AvgIpc) is 3.38. The first-order chi connectivity index (χ1) is 13.3. The van der Waals surface area contributed by atoms with Crippen molar-refractivity contribution in [1.82, 2.24) is 15.8 Å². The summed E-state index contributed by atoms with van der Waals surface area (Å²) in [5.41, 5.74) is 1.000. The van der Waals surface area contributed by atoms with Gasteiger partial charge in [-0.25, -0.2) is 0 Å². The fourth-order valence-corrected chi connectivity index (χ4v) is 4.49. The first kappa shape index (κ1) is 18.6. The summed E-state index contributed by atoms with van der Waals surface area (Å²) in [5, 5.41) is 10.9. The standard InChI is InChI=1S/C21H27N3O2S/c25-21(23-17-6-7-17)11-15-8-9-22-13-16(15)10-18-12-19(26-24-18)14-27-20-4-2-1-3-5-20/h1-5,12,15-17,22H,6-11,13-14H2,(H,23,25). The molecule has 2 fully saturated rings. The fourth-order valence-electron chi connectivity index (χ4n) is 3.70. The van der Waals surface area contributed by atoms with Gasteiger partial charge in [0.2, 0.25) is 5.91 Å². The molecular weight excluding hydrogens is 358 g/mol. The van der Waals surface area contributed by atoms with Gasteiger partial charge < -0.3 is 15.2 Å². The molecule has 0 bridgehead atoms. The van der Waals surface area contributed by atoms with Gasteiger partial charge in [0.15, 0.2) is 0 Å². The molecule has 1 aliphatic heterocycles. The van der Waals surface area contributed by atoms with Gasteiger partial charge in [-0.05, 0) is 62.7 Å². The molecule has 2 atom stereocenters. The Kier molecular flexibility index (Phi) is 6.14. The predicted molar refractivity (Wildman–Crippen MR) is 106 cm³/mol. The number of piperidine rings is 1. The number of nitrogens with zero attached hydrogens (tertiary/aromatic N) is 1. The van der Waals surface area contributed by atoms with Gasteiger partial charge in [0.1, 0.15) is 5.76 Å². The van der Waals surface area contributed by atoms with Crippen molar-refractivity contribution in [2.45, 2.75) is 48.8 Å². The Morgan fingerprint density at radius 1 is 1.22 bits per heavy atom. The molecule has 2 unspecified atom stereocenters. The topological polar surface area (TPSA) is 67.2 Å². The molecule has 2 aliphatic rings. The first-order valence-electron chi connectivity index (χ1n) is 9.88. The minimum absolute atomic E-state index is 0.217. The highest BCUT2D eigenvalue weighted by molar-refractivity contribution is 7.98. The number of rotatable bonds is 8. The van der Waals surface area contributed by atoms with E-state index < -0.39 is 0 Å². The molecule has 4 rings (SSSR count). The number of carbonyl (C=O) groups excluding carboxylic acids is 1. The van der Waals surface area contributed by atoms with Crippen LogP contribution in [0.4, 0.5) is 0 Å². The number of carbonyl (C=O) groups is 1. The molecule has 0 radical (unpaired) electrons. The molecule has 1 aromatic heterocycles. The van der Waals surface area contributed by atoms with Crippen molar-refractivity contribution in [3.63, 3.8) is 0 Å².